The maximum absolute atomic E-state index is 11.9. The third-order valence-corrected chi connectivity index (χ3v) is 3.13. The molecule has 2 atom stereocenters. The van der Waals surface area contributed by atoms with Gasteiger partial charge in [0.15, 0.2) is 0 Å². The summed E-state index contributed by atoms with van der Waals surface area (Å²) < 4.78 is 6.93. The fraction of sp³-hybridized carbons (Fsp3) is 0.714. The predicted molar refractivity (Wildman–Crippen MR) is 72.6 cm³/mol. The second-order valence-electron chi connectivity index (χ2n) is 4.91. The molecule has 1 aromatic rings. The molecule has 2 unspecified atom stereocenters. The molecular weight excluding hydrogens is 244 g/mol. The molecule has 0 aliphatic heterocycles. The molecule has 1 heterocycles. The van der Waals surface area contributed by atoms with Crippen molar-refractivity contribution < 1.29 is 14.6 Å². The topological polar surface area (TPSA) is 64.3 Å². The number of hydrogen-bond donors (Lipinski definition) is 1. The molecule has 0 saturated heterocycles. The van der Waals surface area contributed by atoms with Gasteiger partial charge < -0.3 is 14.4 Å². The van der Waals surface area contributed by atoms with E-state index in [1.165, 1.54) is 0 Å². The first-order valence-corrected chi connectivity index (χ1v) is 6.89. The first-order valence-electron chi connectivity index (χ1n) is 6.89. The second-order valence-corrected chi connectivity index (χ2v) is 4.91. The number of carbonyl (C=O) groups excluding carboxylic acids is 1. The monoisotopic (exact) mass is 268 g/mol. The third kappa shape index (κ3) is 3.80. The van der Waals surface area contributed by atoms with E-state index >= 15 is 0 Å². The first kappa shape index (κ1) is 15.7. The van der Waals surface area contributed by atoms with Crippen molar-refractivity contribution in [2.75, 3.05) is 6.61 Å². The summed E-state index contributed by atoms with van der Waals surface area (Å²) in [5.74, 6) is -0.868. The number of hydrogen-bond acceptors (Lipinski definition) is 4. The van der Waals surface area contributed by atoms with Crippen molar-refractivity contribution in [3.05, 3.63) is 18.2 Å². The lowest BCUT2D eigenvalue weighted by Gasteiger charge is -2.23. The molecule has 108 valence electrons. The van der Waals surface area contributed by atoms with Crippen molar-refractivity contribution in [3.8, 4) is 0 Å². The zero-order valence-corrected chi connectivity index (χ0v) is 12.2. The van der Waals surface area contributed by atoms with Crippen LogP contribution in [0, 0.1) is 5.92 Å². The van der Waals surface area contributed by atoms with Crippen LogP contribution in [0.5, 0.6) is 0 Å². The van der Waals surface area contributed by atoms with Crippen LogP contribution in [0.4, 0.5) is 0 Å². The van der Waals surface area contributed by atoms with Gasteiger partial charge in [-0.15, -0.1) is 0 Å². The van der Waals surface area contributed by atoms with Crippen LogP contribution in [0.1, 0.15) is 58.4 Å². The van der Waals surface area contributed by atoms with Crippen molar-refractivity contribution in [1.82, 2.24) is 9.55 Å². The minimum atomic E-state index is -0.871. The highest BCUT2D eigenvalue weighted by Crippen LogP contribution is 2.28. The summed E-state index contributed by atoms with van der Waals surface area (Å²) in [6.07, 6.45) is 3.84. The molecule has 0 radical (unpaired) electrons. The van der Waals surface area contributed by atoms with E-state index in [-0.39, 0.29) is 12.0 Å². The van der Waals surface area contributed by atoms with Gasteiger partial charge in [-0.2, -0.15) is 0 Å². The molecule has 0 aliphatic carbocycles. The van der Waals surface area contributed by atoms with Gasteiger partial charge in [-0.05, 0) is 27.2 Å². The summed E-state index contributed by atoms with van der Waals surface area (Å²) >= 11 is 0. The van der Waals surface area contributed by atoms with E-state index in [1.54, 1.807) is 19.4 Å². The van der Waals surface area contributed by atoms with Crippen molar-refractivity contribution in [2.24, 2.45) is 5.92 Å². The van der Waals surface area contributed by atoms with Crippen molar-refractivity contribution in [2.45, 2.75) is 52.7 Å². The Balaban J connectivity index is 2.95. The number of nitrogens with zero attached hydrogens (tertiary/aromatic N) is 2. The van der Waals surface area contributed by atoms with Crippen molar-refractivity contribution in [1.29, 1.82) is 0 Å². The Bertz CT molecular complexity index is 401. The van der Waals surface area contributed by atoms with Gasteiger partial charge in [0.2, 0.25) is 0 Å². The molecule has 1 aromatic heterocycles. The molecule has 5 nitrogen and oxygen atoms in total. The van der Waals surface area contributed by atoms with E-state index in [0.29, 0.717) is 18.7 Å². The van der Waals surface area contributed by atoms with Crippen LogP contribution in [-0.4, -0.2) is 27.2 Å². The summed E-state index contributed by atoms with van der Waals surface area (Å²) in [5, 5.41) is 10.5. The van der Waals surface area contributed by atoms with E-state index in [2.05, 4.69) is 4.98 Å². The second kappa shape index (κ2) is 7.28. The lowest BCUT2D eigenvalue weighted by Crippen LogP contribution is -2.26. The summed E-state index contributed by atoms with van der Waals surface area (Å²) in [7, 11) is 0. The molecule has 0 spiro atoms. The molecule has 0 bridgehead atoms. The van der Waals surface area contributed by atoms with Crippen LogP contribution in [-0.2, 0) is 9.53 Å². The number of carbonyl (C=O) groups is 1. The van der Waals surface area contributed by atoms with E-state index in [0.717, 1.165) is 6.42 Å². The van der Waals surface area contributed by atoms with Crippen LogP contribution < -0.4 is 0 Å². The molecule has 0 aromatic carbocycles. The van der Waals surface area contributed by atoms with Gasteiger partial charge >= 0.3 is 5.97 Å². The van der Waals surface area contributed by atoms with Gasteiger partial charge in [0.25, 0.3) is 0 Å². The molecule has 0 aliphatic rings. The highest BCUT2D eigenvalue weighted by atomic mass is 16.5. The Morgan fingerprint density at radius 1 is 1.47 bits per heavy atom. The van der Waals surface area contributed by atoms with Gasteiger partial charge in [0, 0.05) is 6.04 Å². The largest absolute Gasteiger partial charge is 0.466 e. The van der Waals surface area contributed by atoms with E-state index in [1.807, 2.05) is 25.3 Å². The van der Waals surface area contributed by atoms with Gasteiger partial charge in [-0.1, -0.05) is 13.3 Å². The highest BCUT2D eigenvalue weighted by Gasteiger charge is 2.30. The number of aliphatic hydroxyl groups is 1. The molecule has 0 amide bonds. The number of aromatic nitrogens is 2. The van der Waals surface area contributed by atoms with Gasteiger partial charge in [-0.25, -0.2) is 4.98 Å². The average Bonchev–Trinajstić information content (AvgIpc) is 2.84. The summed E-state index contributed by atoms with van der Waals surface area (Å²) in [6, 6.07) is 0.191. The first-order chi connectivity index (χ1) is 9.02. The van der Waals surface area contributed by atoms with Gasteiger partial charge in [0.05, 0.1) is 30.7 Å². The third-order valence-electron chi connectivity index (χ3n) is 3.13. The standard InChI is InChI=1S/C14H24N2O3/c1-5-7-11(14(18)19-6-2)13(17)12-8-15-9-16(12)10(3)4/h8-11,13,17H,5-7H2,1-4H3. The van der Waals surface area contributed by atoms with Crippen LogP contribution in [0.3, 0.4) is 0 Å². The number of imidazole rings is 1. The van der Waals surface area contributed by atoms with E-state index in [4.69, 9.17) is 4.74 Å². The normalized spacial score (nSPS) is 14.4. The molecule has 0 saturated carbocycles. The summed E-state index contributed by atoms with van der Waals surface area (Å²) in [6.45, 7) is 8.10. The van der Waals surface area contributed by atoms with E-state index < -0.39 is 12.0 Å². The summed E-state index contributed by atoms with van der Waals surface area (Å²) in [4.78, 5) is 16.0. The van der Waals surface area contributed by atoms with Crippen molar-refractivity contribution in [3.63, 3.8) is 0 Å². The molecule has 1 rings (SSSR count). The van der Waals surface area contributed by atoms with E-state index in [9.17, 15) is 9.90 Å². The lowest BCUT2D eigenvalue weighted by molar-refractivity contribution is -0.152. The minimum Gasteiger partial charge on any atom is -0.466 e. The molecular formula is C14H24N2O3. The number of rotatable bonds is 7. The Kier molecular flexibility index (Phi) is 6.02. The maximum atomic E-state index is 11.9. The Hall–Kier alpha value is -1.36. The zero-order chi connectivity index (χ0) is 14.4. The fourth-order valence-electron chi connectivity index (χ4n) is 2.15. The molecule has 19 heavy (non-hydrogen) atoms. The number of esters is 1. The average molecular weight is 268 g/mol. The molecule has 1 N–H and O–H groups in total. The zero-order valence-electron chi connectivity index (χ0n) is 12.2. The lowest BCUT2D eigenvalue weighted by atomic mass is 9.95. The quantitative estimate of drug-likeness (QED) is 0.772. The SMILES string of the molecule is CCCC(C(=O)OCC)C(O)c1cncn1C(C)C. The minimum absolute atomic E-state index is 0.191. The number of aliphatic hydroxyl groups excluding tert-OH is 1. The van der Waals surface area contributed by atoms with Gasteiger partial charge in [0.1, 0.15) is 6.10 Å². The van der Waals surface area contributed by atoms with Crippen molar-refractivity contribution >= 4 is 5.97 Å². The summed E-state index contributed by atoms with van der Waals surface area (Å²) in [5.41, 5.74) is 0.668. The van der Waals surface area contributed by atoms with Crippen LogP contribution in [0.25, 0.3) is 0 Å². The smallest absolute Gasteiger partial charge is 0.311 e. The molecule has 0 fully saturated rings. The Labute approximate surface area is 114 Å². The Morgan fingerprint density at radius 3 is 2.68 bits per heavy atom. The Morgan fingerprint density at radius 2 is 2.16 bits per heavy atom. The molecule has 5 heteroatoms. The predicted octanol–water partition coefficient (Wildman–Crippen LogP) is 2.48. The van der Waals surface area contributed by atoms with Crippen LogP contribution >= 0.6 is 0 Å². The van der Waals surface area contributed by atoms with Crippen LogP contribution in [0.15, 0.2) is 12.5 Å². The fourth-order valence-corrected chi connectivity index (χ4v) is 2.15. The maximum Gasteiger partial charge on any atom is 0.311 e. The number of ether oxygens (including phenoxy) is 1. The highest BCUT2D eigenvalue weighted by molar-refractivity contribution is 5.73. The van der Waals surface area contributed by atoms with Crippen LogP contribution in [0.2, 0.25) is 0 Å². The van der Waals surface area contributed by atoms with Gasteiger partial charge in [-0.3, -0.25) is 4.79 Å².